The maximum Gasteiger partial charge on any atom is 0.308 e. The van der Waals surface area contributed by atoms with E-state index < -0.39 is 0 Å². The Morgan fingerprint density at radius 2 is 1.94 bits per heavy atom. The van der Waals surface area contributed by atoms with Crippen LogP contribution in [0.1, 0.15) is 62.8 Å². The first kappa shape index (κ1) is 22.8. The molecule has 0 spiro atoms. The molecule has 8 heteroatoms. The summed E-state index contributed by atoms with van der Waals surface area (Å²) in [6.07, 6.45) is 3.49. The van der Waals surface area contributed by atoms with Crippen molar-refractivity contribution in [2.75, 3.05) is 6.61 Å². The molecule has 1 atom stereocenters. The number of hydrogen-bond acceptors (Lipinski definition) is 5. The van der Waals surface area contributed by atoms with Crippen molar-refractivity contribution in [2.45, 2.75) is 65.1 Å². The highest BCUT2D eigenvalue weighted by Gasteiger charge is 2.28. The van der Waals surface area contributed by atoms with E-state index in [0.717, 1.165) is 43.3 Å². The van der Waals surface area contributed by atoms with Crippen LogP contribution in [0, 0.1) is 12.8 Å². The molecule has 0 bridgehead atoms. The molecule has 1 fully saturated rings. The van der Waals surface area contributed by atoms with Crippen LogP contribution in [0.25, 0.3) is 0 Å². The minimum atomic E-state index is -0.0664. The minimum Gasteiger partial charge on any atom is -0.466 e. The Morgan fingerprint density at radius 1 is 1.23 bits per heavy atom. The number of esters is 1. The van der Waals surface area contributed by atoms with E-state index in [9.17, 15) is 4.79 Å². The molecule has 1 aliphatic carbocycles. The Labute approximate surface area is 184 Å². The van der Waals surface area contributed by atoms with E-state index in [1.165, 1.54) is 5.56 Å². The Bertz CT molecular complexity index is 871. The summed E-state index contributed by atoms with van der Waals surface area (Å²) >= 11 is 0. The molecular weight excluding hydrogens is 392 g/mol. The first-order chi connectivity index (χ1) is 15.0. The van der Waals surface area contributed by atoms with Gasteiger partial charge in [0.05, 0.1) is 18.6 Å². The van der Waals surface area contributed by atoms with E-state index in [1.807, 2.05) is 43.7 Å². The largest absolute Gasteiger partial charge is 0.466 e. The van der Waals surface area contributed by atoms with Crippen molar-refractivity contribution in [3.05, 3.63) is 47.5 Å². The second kappa shape index (κ2) is 10.9. The molecule has 3 rings (SSSR count). The lowest BCUT2D eigenvalue weighted by Gasteiger charge is -2.30. The summed E-state index contributed by atoms with van der Waals surface area (Å²) in [5, 5.41) is 15.4. The summed E-state index contributed by atoms with van der Waals surface area (Å²) in [5.41, 5.74) is 1.19. The highest BCUT2D eigenvalue weighted by atomic mass is 16.5. The van der Waals surface area contributed by atoms with Crippen molar-refractivity contribution in [1.82, 2.24) is 25.4 Å². The van der Waals surface area contributed by atoms with E-state index in [4.69, 9.17) is 9.73 Å². The lowest BCUT2D eigenvalue weighted by Crippen LogP contribution is -2.46. The predicted octanol–water partition coefficient (Wildman–Crippen LogP) is 3.04. The van der Waals surface area contributed by atoms with Gasteiger partial charge in [0.2, 0.25) is 0 Å². The van der Waals surface area contributed by atoms with Crippen LogP contribution in [-0.2, 0) is 23.1 Å². The third-order valence-corrected chi connectivity index (χ3v) is 5.90. The summed E-state index contributed by atoms with van der Waals surface area (Å²) < 4.78 is 7.14. The third kappa shape index (κ3) is 6.29. The van der Waals surface area contributed by atoms with Gasteiger partial charge in [0.25, 0.3) is 0 Å². The molecule has 0 amide bonds. The third-order valence-electron chi connectivity index (χ3n) is 5.90. The zero-order valence-electron chi connectivity index (χ0n) is 19.0. The molecule has 0 saturated heterocycles. The van der Waals surface area contributed by atoms with Crippen LogP contribution in [0.3, 0.4) is 0 Å². The normalized spacial score (nSPS) is 20.2. The number of rotatable bonds is 7. The van der Waals surface area contributed by atoms with Gasteiger partial charge in [-0.05, 0) is 52.0 Å². The summed E-state index contributed by atoms with van der Waals surface area (Å²) in [6, 6.07) is 10.7. The first-order valence-corrected chi connectivity index (χ1v) is 11.1. The molecule has 168 valence electrons. The predicted molar refractivity (Wildman–Crippen MR) is 120 cm³/mol. The molecule has 1 heterocycles. The molecule has 0 radical (unpaired) electrons. The van der Waals surface area contributed by atoms with Crippen molar-refractivity contribution < 1.29 is 9.53 Å². The SMILES string of the molecule is CCOC(=O)C1CCC(NC(=NCc2nnc(C)n2C)NC(C)c2ccccc2)CC1. The first-order valence-electron chi connectivity index (χ1n) is 11.1. The van der Waals surface area contributed by atoms with Crippen molar-refractivity contribution in [3.8, 4) is 0 Å². The van der Waals surface area contributed by atoms with E-state index >= 15 is 0 Å². The zero-order chi connectivity index (χ0) is 22.2. The summed E-state index contributed by atoms with van der Waals surface area (Å²) in [6.45, 7) is 6.78. The number of hydrogen-bond donors (Lipinski definition) is 2. The maximum absolute atomic E-state index is 12.0. The topological polar surface area (TPSA) is 93.4 Å². The van der Waals surface area contributed by atoms with Gasteiger partial charge in [-0.3, -0.25) is 4.79 Å². The molecule has 1 unspecified atom stereocenters. The fraction of sp³-hybridized carbons (Fsp3) is 0.565. The van der Waals surface area contributed by atoms with Gasteiger partial charge in [0.15, 0.2) is 11.8 Å². The molecule has 1 aliphatic rings. The average Bonchev–Trinajstić information content (AvgIpc) is 3.11. The zero-order valence-corrected chi connectivity index (χ0v) is 19.0. The molecule has 31 heavy (non-hydrogen) atoms. The smallest absolute Gasteiger partial charge is 0.308 e. The molecule has 2 aromatic rings. The Morgan fingerprint density at radius 3 is 2.55 bits per heavy atom. The van der Waals surface area contributed by atoms with E-state index in [1.54, 1.807) is 0 Å². The van der Waals surface area contributed by atoms with Crippen molar-refractivity contribution in [3.63, 3.8) is 0 Å². The van der Waals surface area contributed by atoms with E-state index in [-0.39, 0.29) is 24.0 Å². The molecule has 2 N–H and O–H groups in total. The molecule has 1 aromatic carbocycles. The van der Waals surface area contributed by atoms with E-state index in [0.29, 0.717) is 13.2 Å². The number of aliphatic imine (C=N–C) groups is 1. The molecule has 8 nitrogen and oxygen atoms in total. The quantitative estimate of drug-likeness (QED) is 0.402. The molecule has 1 saturated carbocycles. The number of benzene rings is 1. The van der Waals surface area contributed by atoms with Crippen LogP contribution in [0.5, 0.6) is 0 Å². The van der Waals surface area contributed by atoms with Gasteiger partial charge in [0.1, 0.15) is 12.4 Å². The summed E-state index contributed by atoms with van der Waals surface area (Å²) in [7, 11) is 1.95. The second-order valence-corrected chi connectivity index (χ2v) is 8.11. The number of carbonyl (C=O) groups excluding carboxylic acids is 1. The average molecular weight is 427 g/mol. The highest BCUT2D eigenvalue weighted by Crippen LogP contribution is 2.25. The molecule has 0 aliphatic heterocycles. The number of ether oxygens (including phenoxy) is 1. The van der Waals surface area contributed by atoms with Crippen LogP contribution in [0.2, 0.25) is 0 Å². The Kier molecular flexibility index (Phi) is 8.03. The lowest BCUT2D eigenvalue weighted by atomic mass is 9.86. The lowest BCUT2D eigenvalue weighted by molar-refractivity contribution is -0.149. The number of aryl methyl sites for hydroxylation is 1. The van der Waals surface area contributed by atoms with Crippen LogP contribution in [0.15, 0.2) is 35.3 Å². The van der Waals surface area contributed by atoms with Gasteiger partial charge >= 0.3 is 5.97 Å². The monoisotopic (exact) mass is 426 g/mol. The highest BCUT2D eigenvalue weighted by molar-refractivity contribution is 5.80. The van der Waals surface area contributed by atoms with Crippen molar-refractivity contribution in [2.24, 2.45) is 18.0 Å². The van der Waals surface area contributed by atoms with Crippen molar-refractivity contribution >= 4 is 11.9 Å². The summed E-state index contributed by atoms with van der Waals surface area (Å²) in [5.74, 6) is 2.37. The van der Waals surface area contributed by atoms with Gasteiger partial charge in [-0.2, -0.15) is 0 Å². The van der Waals surface area contributed by atoms with Crippen LogP contribution < -0.4 is 10.6 Å². The fourth-order valence-electron chi connectivity index (χ4n) is 3.83. The number of aromatic nitrogens is 3. The number of nitrogens with one attached hydrogen (secondary N) is 2. The second-order valence-electron chi connectivity index (χ2n) is 8.11. The number of nitrogens with zero attached hydrogens (tertiary/aromatic N) is 4. The van der Waals surface area contributed by atoms with Gasteiger partial charge in [-0.1, -0.05) is 30.3 Å². The van der Waals surface area contributed by atoms with Crippen LogP contribution in [0.4, 0.5) is 0 Å². The summed E-state index contributed by atoms with van der Waals surface area (Å²) in [4.78, 5) is 16.8. The number of guanidine groups is 1. The molecular formula is C23H34N6O2. The van der Waals surface area contributed by atoms with Gasteiger partial charge in [-0.15, -0.1) is 10.2 Å². The Balaban J connectivity index is 1.66. The molecule has 1 aromatic heterocycles. The maximum atomic E-state index is 12.0. The van der Waals surface area contributed by atoms with Gasteiger partial charge < -0.3 is 19.9 Å². The minimum absolute atomic E-state index is 0.0104. The van der Waals surface area contributed by atoms with Crippen LogP contribution in [-0.4, -0.2) is 39.3 Å². The van der Waals surface area contributed by atoms with E-state index in [2.05, 4.69) is 39.9 Å². The standard InChI is InChI=1S/C23H34N6O2/c1-5-31-22(30)19-11-13-20(14-12-19)26-23(24-15-21-28-27-17(3)29(21)4)25-16(2)18-9-7-6-8-10-18/h6-10,16,19-20H,5,11-15H2,1-4H3,(H2,24,25,26). The number of carbonyl (C=O) groups is 1. The van der Waals surface area contributed by atoms with Crippen molar-refractivity contribution in [1.29, 1.82) is 0 Å². The Hall–Kier alpha value is -2.90. The van der Waals surface area contributed by atoms with Gasteiger partial charge in [0, 0.05) is 13.1 Å². The van der Waals surface area contributed by atoms with Crippen LogP contribution >= 0.6 is 0 Å². The van der Waals surface area contributed by atoms with Gasteiger partial charge in [-0.25, -0.2) is 4.99 Å². The fourth-order valence-corrected chi connectivity index (χ4v) is 3.83.